The van der Waals surface area contributed by atoms with Gasteiger partial charge in [-0.2, -0.15) is 0 Å². The zero-order chi connectivity index (χ0) is 14.1. The number of para-hydroxylation sites is 1. The van der Waals surface area contributed by atoms with Crippen molar-refractivity contribution in [1.29, 1.82) is 0 Å². The molecule has 2 atom stereocenters. The smallest absolute Gasteiger partial charge is 0.324 e. The average Bonchev–Trinajstić information content (AvgIpc) is 2.98. The minimum Gasteiger partial charge on any atom is -0.391 e. The molecule has 2 aliphatic heterocycles. The number of aliphatic hydroxyl groups excluding tert-OH is 1. The molecule has 1 N–H and O–H groups in total. The Labute approximate surface area is 118 Å². The third-order valence-electron chi connectivity index (χ3n) is 4.13. The zero-order valence-electron chi connectivity index (χ0n) is 11.7. The summed E-state index contributed by atoms with van der Waals surface area (Å²) in [5, 5.41) is 10.3. The number of nitrogens with zero attached hydrogens (tertiary/aromatic N) is 2. The van der Waals surface area contributed by atoms with Crippen LogP contribution in [0.4, 0.5) is 10.5 Å². The van der Waals surface area contributed by atoms with E-state index in [0.717, 1.165) is 17.7 Å². The van der Waals surface area contributed by atoms with Gasteiger partial charge in [0.25, 0.3) is 0 Å². The molecule has 0 saturated carbocycles. The lowest BCUT2D eigenvalue weighted by molar-refractivity contribution is 0.0953. The number of hydrogen-bond acceptors (Lipinski definition) is 3. The second-order valence-electron chi connectivity index (χ2n) is 5.57. The summed E-state index contributed by atoms with van der Waals surface area (Å²) < 4.78 is 5.31. The van der Waals surface area contributed by atoms with Crippen LogP contribution in [0.1, 0.15) is 12.0 Å². The van der Waals surface area contributed by atoms with Gasteiger partial charge in [0, 0.05) is 26.1 Å². The van der Waals surface area contributed by atoms with Crippen molar-refractivity contribution in [2.75, 3.05) is 31.7 Å². The lowest BCUT2D eigenvalue weighted by Gasteiger charge is -2.36. The summed E-state index contributed by atoms with van der Waals surface area (Å²) >= 11 is 0. The number of aliphatic hydroxyl groups is 1. The van der Waals surface area contributed by atoms with Crippen molar-refractivity contribution in [3.05, 3.63) is 29.8 Å². The first-order valence-corrected chi connectivity index (χ1v) is 7.03. The minimum absolute atomic E-state index is 0.0540. The fourth-order valence-corrected chi connectivity index (χ4v) is 2.91. The highest BCUT2D eigenvalue weighted by Crippen LogP contribution is 2.29. The maximum Gasteiger partial charge on any atom is 0.324 e. The maximum absolute atomic E-state index is 12.3. The molecule has 5 nitrogen and oxygen atoms in total. The maximum atomic E-state index is 12.3. The molecule has 1 aromatic carbocycles. The van der Waals surface area contributed by atoms with Gasteiger partial charge in [0.15, 0.2) is 0 Å². The molecule has 2 heterocycles. The molecule has 0 radical (unpaired) electrons. The molecule has 1 aromatic rings. The molecule has 20 heavy (non-hydrogen) atoms. The summed E-state index contributed by atoms with van der Waals surface area (Å²) in [5.41, 5.74) is 2.03. The first-order valence-electron chi connectivity index (χ1n) is 7.03. The molecule has 1 saturated heterocycles. The summed E-state index contributed by atoms with van der Waals surface area (Å²) in [6.07, 6.45) is 0.321. The monoisotopic (exact) mass is 276 g/mol. The molecule has 1 fully saturated rings. The number of fused-ring (bicyclic) bond motifs is 1. The van der Waals surface area contributed by atoms with Crippen molar-refractivity contribution in [3.63, 3.8) is 0 Å². The molecule has 2 amide bonds. The van der Waals surface area contributed by atoms with E-state index in [1.54, 1.807) is 16.8 Å². The Morgan fingerprint density at radius 2 is 2.25 bits per heavy atom. The second kappa shape index (κ2) is 5.42. The van der Waals surface area contributed by atoms with Crippen LogP contribution in [0.3, 0.4) is 0 Å². The predicted molar refractivity (Wildman–Crippen MR) is 75.6 cm³/mol. The molecule has 3 rings (SSSR count). The number of urea groups is 1. The van der Waals surface area contributed by atoms with Crippen LogP contribution in [-0.4, -0.2) is 48.9 Å². The van der Waals surface area contributed by atoms with Crippen LogP contribution in [-0.2, 0) is 11.3 Å². The van der Waals surface area contributed by atoms with Crippen molar-refractivity contribution in [2.24, 2.45) is 5.92 Å². The number of ether oxygens (including phenoxy) is 1. The van der Waals surface area contributed by atoms with Crippen LogP contribution in [0.25, 0.3) is 0 Å². The second-order valence-corrected chi connectivity index (χ2v) is 5.57. The van der Waals surface area contributed by atoms with Gasteiger partial charge in [-0.05, 0) is 18.1 Å². The van der Waals surface area contributed by atoms with Gasteiger partial charge < -0.3 is 14.7 Å². The number of anilines is 1. The highest BCUT2D eigenvalue weighted by molar-refractivity contribution is 5.94. The Morgan fingerprint density at radius 1 is 1.45 bits per heavy atom. The Bertz CT molecular complexity index is 500. The van der Waals surface area contributed by atoms with E-state index < -0.39 is 6.10 Å². The van der Waals surface area contributed by atoms with Crippen LogP contribution in [0, 0.1) is 5.92 Å². The van der Waals surface area contributed by atoms with Crippen molar-refractivity contribution in [2.45, 2.75) is 19.1 Å². The first-order chi connectivity index (χ1) is 9.66. The number of rotatable bonds is 3. The Morgan fingerprint density at radius 3 is 3.00 bits per heavy atom. The van der Waals surface area contributed by atoms with E-state index in [2.05, 4.69) is 0 Å². The first kappa shape index (κ1) is 13.4. The van der Waals surface area contributed by atoms with Gasteiger partial charge >= 0.3 is 6.03 Å². The fraction of sp³-hybridized carbons (Fsp3) is 0.533. The molecule has 2 aliphatic rings. The van der Waals surface area contributed by atoms with E-state index in [4.69, 9.17) is 4.74 Å². The van der Waals surface area contributed by atoms with E-state index in [1.807, 2.05) is 24.3 Å². The van der Waals surface area contributed by atoms with Crippen molar-refractivity contribution in [1.82, 2.24) is 4.90 Å². The summed E-state index contributed by atoms with van der Waals surface area (Å²) in [4.78, 5) is 15.7. The SMILES string of the molecule is CN1Cc2ccccc2N(CC(O)C2CCOC2)C1=O. The Kier molecular flexibility index (Phi) is 3.63. The van der Waals surface area contributed by atoms with Crippen molar-refractivity contribution >= 4 is 11.7 Å². The van der Waals surface area contributed by atoms with Gasteiger partial charge in [0.2, 0.25) is 0 Å². The van der Waals surface area contributed by atoms with Crippen LogP contribution < -0.4 is 4.90 Å². The normalized spacial score (nSPS) is 23.9. The van der Waals surface area contributed by atoms with Crippen molar-refractivity contribution < 1.29 is 14.6 Å². The summed E-state index contributed by atoms with van der Waals surface area (Å²) in [7, 11) is 1.79. The van der Waals surface area contributed by atoms with Gasteiger partial charge in [-0.25, -0.2) is 4.79 Å². The molecule has 0 bridgehead atoms. The van der Waals surface area contributed by atoms with Crippen LogP contribution >= 0.6 is 0 Å². The van der Waals surface area contributed by atoms with Gasteiger partial charge in [-0.3, -0.25) is 4.90 Å². The Hall–Kier alpha value is -1.59. The molecular weight excluding hydrogens is 256 g/mol. The van der Waals surface area contributed by atoms with E-state index in [-0.39, 0.29) is 11.9 Å². The molecule has 5 heteroatoms. The zero-order valence-corrected chi connectivity index (χ0v) is 11.7. The van der Waals surface area contributed by atoms with Crippen LogP contribution in [0.2, 0.25) is 0 Å². The van der Waals surface area contributed by atoms with Crippen LogP contribution in [0.15, 0.2) is 24.3 Å². The number of β-amino-alcohol motifs (C(OH)–C–C–N with tert-alkyl or cyclic N) is 1. The van der Waals surface area contributed by atoms with E-state index >= 15 is 0 Å². The topological polar surface area (TPSA) is 53.0 Å². The van der Waals surface area contributed by atoms with Gasteiger partial charge in [0.1, 0.15) is 0 Å². The van der Waals surface area contributed by atoms with E-state index in [1.165, 1.54) is 0 Å². The molecule has 0 spiro atoms. The lowest BCUT2D eigenvalue weighted by atomic mass is 10.0. The van der Waals surface area contributed by atoms with Gasteiger partial charge in [-0.1, -0.05) is 18.2 Å². The summed E-state index contributed by atoms with van der Waals surface area (Å²) in [6.45, 7) is 2.23. The average molecular weight is 276 g/mol. The molecule has 0 aromatic heterocycles. The number of carbonyl (C=O) groups is 1. The summed E-state index contributed by atoms with van der Waals surface area (Å²) in [6, 6.07) is 7.81. The van der Waals surface area contributed by atoms with Crippen molar-refractivity contribution in [3.8, 4) is 0 Å². The number of carbonyl (C=O) groups excluding carboxylic acids is 1. The largest absolute Gasteiger partial charge is 0.391 e. The van der Waals surface area contributed by atoms with Gasteiger partial charge in [-0.15, -0.1) is 0 Å². The van der Waals surface area contributed by atoms with E-state index in [9.17, 15) is 9.90 Å². The molecule has 0 aliphatic carbocycles. The van der Waals surface area contributed by atoms with Crippen LogP contribution in [0.5, 0.6) is 0 Å². The fourth-order valence-electron chi connectivity index (χ4n) is 2.91. The number of amides is 2. The third-order valence-corrected chi connectivity index (χ3v) is 4.13. The lowest BCUT2D eigenvalue weighted by Crippen LogP contribution is -2.49. The quantitative estimate of drug-likeness (QED) is 0.909. The Balaban J connectivity index is 1.81. The minimum atomic E-state index is -0.541. The predicted octanol–water partition coefficient (Wildman–Crippen LogP) is 1.46. The highest BCUT2D eigenvalue weighted by Gasteiger charge is 2.32. The van der Waals surface area contributed by atoms with E-state index in [0.29, 0.717) is 26.3 Å². The number of benzene rings is 1. The standard InChI is InChI=1S/C15H20N2O3/c1-16-8-11-4-2-3-5-13(11)17(15(16)19)9-14(18)12-6-7-20-10-12/h2-5,12,14,18H,6-10H2,1H3. The highest BCUT2D eigenvalue weighted by atomic mass is 16.5. The third kappa shape index (κ3) is 2.39. The molecule has 108 valence electrons. The van der Waals surface area contributed by atoms with Gasteiger partial charge in [0.05, 0.1) is 24.9 Å². The molecular formula is C15H20N2O3. The molecule has 2 unspecified atom stereocenters. The summed E-state index contributed by atoms with van der Waals surface area (Å²) in [5.74, 6) is 0.127. The number of hydrogen-bond donors (Lipinski definition) is 1.